The summed E-state index contributed by atoms with van der Waals surface area (Å²) in [6.45, 7) is 5.62. The van der Waals surface area contributed by atoms with E-state index in [-0.39, 0.29) is 17.9 Å². The van der Waals surface area contributed by atoms with Gasteiger partial charge >= 0.3 is 0 Å². The number of nitrogens with zero attached hydrogens (tertiary/aromatic N) is 1. The first-order valence-electron chi connectivity index (χ1n) is 8.01. The first-order valence-corrected chi connectivity index (χ1v) is 8.89. The Balaban J connectivity index is 2.11. The topological polar surface area (TPSA) is 58.6 Å². The van der Waals surface area contributed by atoms with Crippen molar-refractivity contribution in [2.24, 2.45) is 0 Å². The number of hydrogen-bond donors (Lipinski definition) is 1. The fraction of sp³-hybridized carbons (Fsp3) is 0.263. The summed E-state index contributed by atoms with van der Waals surface area (Å²) in [6, 6.07) is 9.17. The van der Waals surface area contributed by atoms with Gasteiger partial charge in [-0.3, -0.25) is 14.5 Å². The molecule has 0 bridgehead atoms. The molecule has 1 aromatic carbocycles. The van der Waals surface area contributed by atoms with Crippen molar-refractivity contribution in [2.75, 3.05) is 12.4 Å². The Morgan fingerprint density at radius 1 is 1.16 bits per heavy atom. The highest BCUT2D eigenvalue weighted by Crippen LogP contribution is 2.35. The van der Waals surface area contributed by atoms with E-state index in [4.69, 9.17) is 4.74 Å². The second kappa shape index (κ2) is 6.72. The summed E-state index contributed by atoms with van der Waals surface area (Å²) in [5, 5.41) is 5.05. The lowest BCUT2D eigenvalue weighted by Crippen LogP contribution is -2.38. The number of nitrogens with one attached hydrogen (secondary N) is 1. The van der Waals surface area contributed by atoms with Crippen LogP contribution in [0.5, 0.6) is 5.75 Å². The number of aryl methyl sites for hydroxylation is 1. The van der Waals surface area contributed by atoms with Crippen LogP contribution in [-0.4, -0.2) is 29.9 Å². The molecule has 0 radical (unpaired) electrons. The molecule has 1 aliphatic rings. The Bertz CT molecular complexity index is 854. The Labute approximate surface area is 150 Å². The fourth-order valence-corrected chi connectivity index (χ4v) is 3.60. The Kier molecular flexibility index (Phi) is 4.63. The first kappa shape index (κ1) is 17.2. The van der Waals surface area contributed by atoms with Gasteiger partial charge in [-0.2, -0.15) is 0 Å². The van der Waals surface area contributed by atoms with Gasteiger partial charge in [-0.15, -0.1) is 11.3 Å². The molecule has 130 valence electrons. The predicted octanol–water partition coefficient (Wildman–Crippen LogP) is 3.67. The number of amides is 2. The number of ether oxygens (including phenoxy) is 1. The summed E-state index contributed by atoms with van der Waals surface area (Å²) in [4.78, 5) is 27.8. The van der Waals surface area contributed by atoms with Crippen LogP contribution in [-0.2, 0) is 9.59 Å². The number of carbonyl (C=O) groups excluding carboxylic acids is 2. The van der Waals surface area contributed by atoms with Gasteiger partial charge in [-0.25, -0.2) is 0 Å². The molecule has 1 aliphatic heterocycles. The molecule has 2 amide bonds. The van der Waals surface area contributed by atoms with Gasteiger partial charge in [-0.05, 0) is 49.9 Å². The molecule has 6 heteroatoms. The minimum absolute atomic E-state index is 0.214. The van der Waals surface area contributed by atoms with Crippen LogP contribution in [0, 0.1) is 6.92 Å². The molecule has 5 nitrogen and oxygen atoms in total. The highest BCUT2D eigenvalue weighted by atomic mass is 32.1. The van der Waals surface area contributed by atoms with Gasteiger partial charge in [0.2, 0.25) is 0 Å². The van der Waals surface area contributed by atoms with Crippen LogP contribution in [0.4, 0.5) is 5.69 Å². The summed E-state index contributed by atoms with van der Waals surface area (Å²) in [5.74, 6) is 0.0374. The quantitative estimate of drug-likeness (QED) is 0.831. The molecule has 1 aromatic heterocycles. The highest BCUT2D eigenvalue weighted by molar-refractivity contribution is 7.11. The Hall–Kier alpha value is -2.60. The maximum Gasteiger partial charge on any atom is 0.278 e. The number of carbonyl (C=O) groups is 2. The van der Waals surface area contributed by atoms with Crippen molar-refractivity contribution in [3.63, 3.8) is 0 Å². The van der Waals surface area contributed by atoms with Gasteiger partial charge in [0.25, 0.3) is 11.8 Å². The lowest BCUT2D eigenvalue weighted by Gasteiger charge is -2.19. The van der Waals surface area contributed by atoms with Crippen LogP contribution in [0.1, 0.15) is 24.3 Å². The average Bonchev–Trinajstić information content (AvgIpc) is 3.15. The lowest BCUT2D eigenvalue weighted by molar-refractivity contribution is -0.138. The SMILES string of the molecule is COc1ccc(C)cc1NC1=C(c2cccs2)C(=O)N(C(C)C)C1=O. The molecular weight excluding hydrogens is 336 g/mol. The number of hydrogen-bond acceptors (Lipinski definition) is 5. The monoisotopic (exact) mass is 356 g/mol. The second-order valence-electron chi connectivity index (χ2n) is 6.13. The third-order valence-corrected chi connectivity index (χ3v) is 4.90. The van der Waals surface area contributed by atoms with E-state index in [1.54, 1.807) is 7.11 Å². The number of methoxy groups -OCH3 is 1. The van der Waals surface area contributed by atoms with Crippen molar-refractivity contribution in [3.8, 4) is 5.75 Å². The van der Waals surface area contributed by atoms with Crippen molar-refractivity contribution in [3.05, 3.63) is 51.8 Å². The molecule has 2 aromatic rings. The van der Waals surface area contributed by atoms with E-state index >= 15 is 0 Å². The molecule has 0 unspecified atom stereocenters. The van der Waals surface area contributed by atoms with E-state index in [0.717, 1.165) is 10.4 Å². The van der Waals surface area contributed by atoms with E-state index < -0.39 is 0 Å². The molecule has 1 N–H and O–H groups in total. The number of imide groups is 1. The van der Waals surface area contributed by atoms with Crippen LogP contribution < -0.4 is 10.1 Å². The van der Waals surface area contributed by atoms with Crippen molar-refractivity contribution in [2.45, 2.75) is 26.8 Å². The molecule has 25 heavy (non-hydrogen) atoms. The third-order valence-electron chi connectivity index (χ3n) is 4.01. The number of rotatable bonds is 5. The molecular formula is C19H20N2O3S. The lowest BCUT2D eigenvalue weighted by atomic mass is 10.1. The van der Waals surface area contributed by atoms with Gasteiger partial charge in [0.15, 0.2) is 0 Å². The molecule has 0 atom stereocenters. The first-order chi connectivity index (χ1) is 11.9. The van der Waals surface area contributed by atoms with Gasteiger partial charge in [0.1, 0.15) is 11.4 Å². The summed E-state index contributed by atoms with van der Waals surface area (Å²) < 4.78 is 5.38. The zero-order valence-electron chi connectivity index (χ0n) is 14.6. The molecule has 0 fully saturated rings. The van der Waals surface area contributed by atoms with Gasteiger partial charge < -0.3 is 10.1 Å². The average molecular weight is 356 g/mol. The van der Waals surface area contributed by atoms with Crippen LogP contribution in [0.25, 0.3) is 5.57 Å². The molecule has 0 spiro atoms. The van der Waals surface area contributed by atoms with Crippen LogP contribution in [0.3, 0.4) is 0 Å². The Morgan fingerprint density at radius 3 is 2.52 bits per heavy atom. The van der Waals surface area contributed by atoms with Crippen molar-refractivity contribution < 1.29 is 14.3 Å². The van der Waals surface area contributed by atoms with Crippen LogP contribution >= 0.6 is 11.3 Å². The minimum Gasteiger partial charge on any atom is -0.495 e. The molecule has 0 aliphatic carbocycles. The maximum atomic E-state index is 12.9. The van der Waals surface area contributed by atoms with E-state index in [9.17, 15) is 9.59 Å². The summed E-state index contributed by atoms with van der Waals surface area (Å²) in [7, 11) is 1.58. The second-order valence-corrected chi connectivity index (χ2v) is 7.08. The van der Waals surface area contributed by atoms with Gasteiger partial charge in [0, 0.05) is 10.9 Å². The number of benzene rings is 1. The molecule has 2 heterocycles. The van der Waals surface area contributed by atoms with Crippen molar-refractivity contribution in [1.29, 1.82) is 0 Å². The van der Waals surface area contributed by atoms with Gasteiger partial charge in [0.05, 0.1) is 18.4 Å². The third kappa shape index (κ3) is 3.05. The largest absolute Gasteiger partial charge is 0.495 e. The normalized spacial score (nSPS) is 14.7. The zero-order valence-corrected chi connectivity index (χ0v) is 15.4. The highest BCUT2D eigenvalue weighted by Gasteiger charge is 2.41. The standard InChI is InChI=1S/C19H20N2O3S/c1-11(2)21-18(22)16(15-6-5-9-25-15)17(19(21)23)20-13-10-12(3)7-8-14(13)24-4/h5-11,20H,1-4H3. The molecule has 0 saturated heterocycles. The minimum atomic E-state index is -0.313. The van der Waals surface area contributed by atoms with Crippen molar-refractivity contribution in [1.82, 2.24) is 4.90 Å². The van der Waals surface area contributed by atoms with E-state index in [1.807, 2.05) is 56.5 Å². The number of thiophene rings is 1. The van der Waals surface area contributed by atoms with Crippen molar-refractivity contribution >= 4 is 34.4 Å². The zero-order chi connectivity index (χ0) is 18.1. The fourth-order valence-electron chi connectivity index (χ4n) is 2.84. The van der Waals surface area contributed by atoms with E-state index in [2.05, 4.69) is 5.32 Å². The summed E-state index contributed by atoms with van der Waals surface area (Å²) >= 11 is 1.44. The summed E-state index contributed by atoms with van der Waals surface area (Å²) in [6.07, 6.45) is 0. The van der Waals surface area contributed by atoms with Gasteiger partial charge in [-0.1, -0.05) is 12.1 Å². The maximum absolute atomic E-state index is 12.9. The smallest absolute Gasteiger partial charge is 0.278 e. The summed E-state index contributed by atoms with van der Waals surface area (Å²) in [5.41, 5.74) is 2.40. The van der Waals surface area contributed by atoms with Crippen LogP contribution in [0.15, 0.2) is 41.4 Å². The predicted molar refractivity (Wildman–Crippen MR) is 99.6 cm³/mol. The molecule has 0 saturated carbocycles. The van der Waals surface area contributed by atoms with E-state index in [0.29, 0.717) is 22.7 Å². The Morgan fingerprint density at radius 2 is 1.92 bits per heavy atom. The number of anilines is 1. The van der Waals surface area contributed by atoms with Crippen LogP contribution in [0.2, 0.25) is 0 Å². The van der Waals surface area contributed by atoms with E-state index in [1.165, 1.54) is 16.2 Å². The molecule has 3 rings (SSSR count).